The zero-order valence-electron chi connectivity index (χ0n) is 57.4. The molecule has 0 N–H and O–H groups in total. The second kappa shape index (κ2) is 20.8. The van der Waals surface area contributed by atoms with E-state index < -0.39 is 43.0 Å². The molecule has 14 aromatic carbocycles. The van der Waals surface area contributed by atoms with E-state index >= 15 is 0 Å². The van der Waals surface area contributed by atoms with E-state index in [9.17, 15) is 5.48 Å². The minimum absolute atomic E-state index is 0.00966. The van der Waals surface area contributed by atoms with Crippen LogP contribution in [0.5, 0.6) is 11.5 Å². The van der Waals surface area contributed by atoms with E-state index in [1.54, 1.807) is 4.57 Å². The Morgan fingerprint density at radius 2 is 0.772 bits per heavy atom. The number of fused-ring (bicyclic) bond motifs is 11. The summed E-state index contributed by atoms with van der Waals surface area (Å²) in [6.45, 7) is -0.814. The number of benzene rings is 14. The van der Waals surface area contributed by atoms with Gasteiger partial charge in [0.05, 0.1) is 39.1 Å². The molecule has 0 unspecified atom stereocenters. The van der Waals surface area contributed by atoms with E-state index in [0.29, 0.717) is 17.2 Å². The van der Waals surface area contributed by atoms with Gasteiger partial charge >= 0.3 is 0 Å². The maximum absolute atomic E-state index is 9.66. The molecule has 0 spiro atoms. The molecule has 4 aliphatic heterocycles. The van der Waals surface area contributed by atoms with Crippen molar-refractivity contribution in [2.45, 2.75) is 0 Å². The number of ether oxygens (including phenoxy) is 1. The predicted molar refractivity (Wildman–Crippen MR) is 386 cm³/mol. The van der Waals surface area contributed by atoms with Crippen LogP contribution in [0.4, 0.5) is 68.2 Å². The molecule has 0 saturated carbocycles. The first-order valence-electron chi connectivity index (χ1n) is 35.1. The van der Waals surface area contributed by atoms with Crippen LogP contribution in [-0.4, -0.2) is 18.0 Å². The van der Waals surface area contributed by atoms with Crippen molar-refractivity contribution < 1.29 is 15.7 Å². The molecule has 0 fully saturated rings. The van der Waals surface area contributed by atoms with Crippen LogP contribution in [-0.2, 0) is 0 Å². The van der Waals surface area contributed by atoms with Gasteiger partial charge in [0.2, 0.25) is 0 Å². The zero-order valence-corrected chi connectivity index (χ0v) is 49.4. The van der Waals surface area contributed by atoms with Crippen LogP contribution >= 0.6 is 0 Å². The Kier molecular flexibility index (Phi) is 10.1. The molecule has 428 valence electrons. The molecule has 8 heteroatoms. The monoisotopic (exact) mass is 1180 g/mol. The minimum Gasteiger partial charge on any atom is -0.458 e. The number of anilines is 12. The first-order chi connectivity index (χ1) is 49.0. The van der Waals surface area contributed by atoms with Crippen LogP contribution in [0.2, 0.25) is 0 Å². The van der Waals surface area contributed by atoms with Crippen molar-refractivity contribution in [3.8, 4) is 39.4 Å². The van der Waals surface area contributed by atoms with Crippen LogP contribution in [0.25, 0.3) is 49.7 Å². The predicted octanol–water partition coefficient (Wildman–Crippen LogP) is 18.1. The third kappa shape index (κ3) is 7.90. The van der Waals surface area contributed by atoms with Crippen molar-refractivity contribution >= 4 is 136 Å². The zero-order chi connectivity index (χ0) is 67.3. The summed E-state index contributed by atoms with van der Waals surface area (Å²) in [7, 11) is 0. The Morgan fingerprint density at radius 1 is 0.315 bits per heavy atom. The number of hydrogen-bond donors (Lipinski definition) is 0. The topological polar surface area (TPSA) is 27.1 Å². The average molecular weight is 1180 g/mol. The number of rotatable bonds is 9. The fraction of sp³-hybridized carbons (Fsp3) is 0. The highest BCUT2D eigenvalue weighted by Gasteiger charge is 2.48. The molecule has 1 aromatic heterocycles. The van der Waals surface area contributed by atoms with Gasteiger partial charge in [0.25, 0.3) is 13.4 Å². The lowest BCUT2D eigenvalue weighted by Crippen LogP contribution is -2.64. The van der Waals surface area contributed by atoms with Crippen LogP contribution in [0, 0.1) is 0 Å². The van der Waals surface area contributed by atoms with Crippen LogP contribution < -0.4 is 57.1 Å². The summed E-state index contributed by atoms with van der Waals surface area (Å²) in [5, 5.41) is -0.0193. The van der Waals surface area contributed by atoms with Gasteiger partial charge in [0, 0.05) is 90.9 Å². The molecule has 19 rings (SSSR count). The lowest BCUT2D eigenvalue weighted by molar-refractivity contribution is 0.487. The normalized spacial score (nSPS) is 14.2. The van der Waals surface area contributed by atoms with Gasteiger partial charge in [-0.25, -0.2) is 0 Å². The first kappa shape index (κ1) is 44.4. The van der Waals surface area contributed by atoms with Crippen molar-refractivity contribution in [1.82, 2.24) is 4.57 Å². The van der Waals surface area contributed by atoms with Gasteiger partial charge in [-0.15, -0.1) is 0 Å². The Balaban J connectivity index is 0.955. The molecule has 0 bridgehead atoms. The highest BCUT2D eigenvalue weighted by molar-refractivity contribution is 7.02. The molecular weight excluding hydrogens is 1120 g/mol. The first-order valence-corrected chi connectivity index (χ1v) is 31.1. The quantitative estimate of drug-likeness (QED) is 0.134. The minimum atomic E-state index is -0.510. The van der Waals surface area contributed by atoms with Gasteiger partial charge in [-0.3, -0.25) is 0 Å². The standard InChI is InChI=1S/C84H55B2N5O/c1-7-28-56(29-8-1)64-42-27-43-65(57-30-9-2-10-31-57)84(64)91-76-55-80-71(86-69-45-22-26-49-75(69)89(61-38-17-6-18-39-61)79-52-63(53-81(92-80)83(79)86)90-72-46-23-19-40-66(72)67-41-20-24-47-73(67)90)54-70(76)85-68-44-21-25-48-74(68)88(60-36-15-5-16-37-60)77-50-62(51-78(91)82(77)85)87(58-32-11-3-12-33-58)59-34-13-4-14-35-59/h1-55H/i19D,20D,23D,24D,40D,41D,46D,47D. The van der Waals surface area contributed by atoms with Gasteiger partial charge in [-0.05, 0) is 135 Å². The van der Waals surface area contributed by atoms with Gasteiger partial charge in [-0.2, -0.15) is 0 Å². The molecule has 0 atom stereocenters. The van der Waals surface area contributed by atoms with Gasteiger partial charge in [-0.1, -0.05) is 230 Å². The van der Waals surface area contributed by atoms with E-state index in [4.69, 9.17) is 10.2 Å². The molecule has 4 aliphatic rings. The number of hydrogen-bond acceptors (Lipinski definition) is 5. The lowest BCUT2D eigenvalue weighted by atomic mass is 9.30. The SMILES string of the molecule is [2H]c1c([2H])c([2H])c2c(c1[2H])c1c([2H])c([2H])c([2H])c([2H])c1n2-c1cc2c3c(c1)N(c1ccccc1)c1ccccc1B3c1cc3c(cc1O2)N(c1c(-c2ccccc2)cccc1-c1ccccc1)c1cc(N(c2ccccc2)c2ccccc2)cc2c1B3c1ccccc1N2c1ccccc1. The molecule has 0 saturated heterocycles. The second-order valence-corrected chi connectivity index (χ2v) is 23.7. The Morgan fingerprint density at radius 3 is 1.32 bits per heavy atom. The van der Waals surface area contributed by atoms with Crippen molar-refractivity contribution in [3.05, 3.63) is 333 Å². The maximum Gasteiger partial charge on any atom is 0.256 e. The third-order valence-corrected chi connectivity index (χ3v) is 18.8. The fourth-order valence-corrected chi connectivity index (χ4v) is 15.1. The summed E-state index contributed by atoms with van der Waals surface area (Å²) in [5.74, 6) is 1.05. The van der Waals surface area contributed by atoms with Crippen molar-refractivity contribution in [1.29, 1.82) is 0 Å². The molecule has 15 aromatic rings. The summed E-state index contributed by atoms with van der Waals surface area (Å²) in [6.07, 6.45) is 0. The summed E-state index contributed by atoms with van der Waals surface area (Å²) < 4.78 is 83.6. The second-order valence-electron chi connectivity index (χ2n) is 23.7. The average Bonchev–Trinajstić information content (AvgIpc) is 0.851. The maximum atomic E-state index is 9.66. The van der Waals surface area contributed by atoms with E-state index in [1.165, 1.54) is 0 Å². The van der Waals surface area contributed by atoms with Gasteiger partial charge < -0.3 is 28.9 Å². The van der Waals surface area contributed by atoms with Crippen molar-refractivity contribution in [3.63, 3.8) is 0 Å². The van der Waals surface area contributed by atoms with Crippen molar-refractivity contribution in [2.24, 2.45) is 0 Å². The summed E-state index contributed by atoms with van der Waals surface area (Å²) in [6, 6.07) is 96.7. The van der Waals surface area contributed by atoms with Crippen LogP contribution in [0.15, 0.2) is 333 Å². The largest absolute Gasteiger partial charge is 0.458 e. The molecule has 92 heavy (non-hydrogen) atoms. The van der Waals surface area contributed by atoms with Gasteiger partial charge in [0.1, 0.15) is 11.5 Å². The Bertz CT molecular complexity index is 5740. The number of aromatic nitrogens is 1. The Hall–Kier alpha value is -12.0. The summed E-state index contributed by atoms with van der Waals surface area (Å²) in [5.41, 5.74) is 21.8. The highest BCUT2D eigenvalue weighted by atomic mass is 16.5. The molecule has 0 aliphatic carbocycles. The lowest BCUT2D eigenvalue weighted by Gasteiger charge is -2.46. The van der Waals surface area contributed by atoms with Crippen LogP contribution in [0.1, 0.15) is 11.0 Å². The molecule has 0 amide bonds. The van der Waals surface area contributed by atoms with Crippen molar-refractivity contribution in [2.75, 3.05) is 19.6 Å². The van der Waals surface area contributed by atoms with Crippen LogP contribution in [0.3, 0.4) is 0 Å². The smallest absolute Gasteiger partial charge is 0.256 e. The fourth-order valence-electron chi connectivity index (χ4n) is 15.1. The van der Waals surface area contributed by atoms with E-state index in [-0.39, 0.29) is 40.6 Å². The molecule has 0 radical (unpaired) electrons. The third-order valence-electron chi connectivity index (χ3n) is 18.8. The molecular formula is C84H55B2N5O. The Labute approximate surface area is 546 Å². The van der Waals surface area contributed by atoms with E-state index in [1.807, 2.05) is 36.4 Å². The summed E-state index contributed by atoms with van der Waals surface area (Å²) >= 11 is 0. The van der Waals surface area contributed by atoms with E-state index in [0.717, 1.165) is 123 Å². The summed E-state index contributed by atoms with van der Waals surface area (Å²) in [4.78, 5) is 9.49. The molecule has 5 heterocycles. The number of nitrogens with zero attached hydrogens (tertiary/aromatic N) is 5. The molecule has 6 nitrogen and oxygen atoms in total. The van der Waals surface area contributed by atoms with Gasteiger partial charge in [0.15, 0.2) is 0 Å². The number of para-hydroxylation sites is 9. The highest BCUT2D eigenvalue weighted by Crippen LogP contribution is 2.53. The van der Waals surface area contributed by atoms with E-state index in [2.05, 4.69) is 268 Å².